The predicted octanol–water partition coefficient (Wildman–Crippen LogP) is 11.3. The highest BCUT2D eigenvalue weighted by atomic mass is 31.2. The Morgan fingerprint density at radius 2 is 1.19 bits per heavy atom. The zero-order valence-corrected chi connectivity index (χ0v) is 34.3. The molecule has 1 unspecified atom stereocenters. The van der Waals surface area contributed by atoms with Crippen LogP contribution in [0.25, 0.3) is 0 Å². The molecule has 306 valence electrons. The quantitative estimate of drug-likeness (QED) is 0.0187. The summed E-state index contributed by atoms with van der Waals surface area (Å²) in [5.41, 5.74) is 0. The maximum Gasteiger partial charge on any atom is 0.469 e. The number of ether oxygens (including phenoxy) is 2. The monoisotopic (exact) mass is 767 g/mol. The van der Waals surface area contributed by atoms with Crippen LogP contribution in [0.15, 0.2) is 60.8 Å². The zero-order valence-electron chi connectivity index (χ0n) is 33.4. The second-order valence-electron chi connectivity index (χ2n) is 14.3. The summed E-state index contributed by atoms with van der Waals surface area (Å²) in [7, 11) is -4.78. The van der Waals surface area contributed by atoms with E-state index in [4.69, 9.17) is 19.3 Å². The first kappa shape index (κ1) is 50.7. The van der Waals surface area contributed by atoms with Crippen LogP contribution in [0, 0.1) is 5.92 Å². The second-order valence-corrected chi connectivity index (χ2v) is 15.5. The van der Waals surface area contributed by atoms with E-state index in [1.54, 1.807) is 6.08 Å². The fraction of sp³-hybridized carbons (Fsp3) is 0.721. The van der Waals surface area contributed by atoms with Crippen molar-refractivity contribution in [3.63, 3.8) is 0 Å². The molecule has 0 aromatic rings. The van der Waals surface area contributed by atoms with Gasteiger partial charge in [0.15, 0.2) is 6.10 Å². The van der Waals surface area contributed by atoms with Crippen LogP contribution < -0.4 is 0 Å². The highest BCUT2D eigenvalue weighted by Crippen LogP contribution is 2.36. The van der Waals surface area contributed by atoms with Gasteiger partial charge < -0.3 is 24.4 Å². The van der Waals surface area contributed by atoms with Crippen molar-refractivity contribution in [2.45, 2.75) is 181 Å². The lowest BCUT2D eigenvalue weighted by Gasteiger charge is -2.18. The lowest BCUT2D eigenvalue weighted by molar-refractivity contribution is -0.161. The number of allylic oxidation sites excluding steroid dienone is 8. The van der Waals surface area contributed by atoms with Gasteiger partial charge in [0.2, 0.25) is 0 Å². The number of carbonyl (C=O) groups is 2. The van der Waals surface area contributed by atoms with Crippen LogP contribution in [0.1, 0.15) is 168 Å². The molecule has 9 nitrogen and oxygen atoms in total. The molecule has 3 N–H and O–H groups in total. The topological polar surface area (TPSA) is 140 Å². The fourth-order valence-corrected chi connectivity index (χ4v) is 5.86. The third-order valence-electron chi connectivity index (χ3n) is 8.56. The molecule has 0 aromatic heterocycles. The number of hydrogen-bond donors (Lipinski definition) is 3. The van der Waals surface area contributed by atoms with E-state index >= 15 is 0 Å². The van der Waals surface area contributed by atoms with E-state index in [-0.39, 0.29) is 19.4 Å². The molecule has 0 fully saturated rings. The molecule has 0 aliphatic rings. The Labute approximate surface area is 322 Å². The molecule has 10 heteroatoms. The smallest absolute Gasteiger partial charge is 0.462 e. The molecule has 0 saturated heterocycles. The van der Waals surface area contributed by atoms with Gasteiger partial charge in [0.05, 0.1) is 12.7 Å². The van der Waals surface area contributed by atoms with Gasteiger partial charge in [-0.2, -0.15) is 0 Å². The molecule has 0 spiro atoms. The number of phosphoric ester groups is 1. The molecule has 0 bridgehead atoms. The third kappa shape index (κ3) is 40.7. The Balaban J connectivity index is 4.08. The number of unbranched alkanes of at least 4 members (excludes halogenated alkanes) is 14. The lowest BCUT2D eigenvalue weighted by atomic mass is 10.0. The summed E-state index contributed by atoms with van der Waals surface area (Å²) in [5, 5.41) is 9.97. The Bertz CT molecular complexity index is 1070. The third-order valence-corrected chi connectivity index (χ3v) is 9.04. The van der Waals surface area contributed by atoms with Crippen molar-refractivity contribution in [2.75, 3.05) is 13.2 Å². The van der Waals surface area contributed by atoms with E-state index in [1.165, 1.54) is 70.6 Å². The van der Waals surface area contributed by atoms with Gasteiger partial charge in [0.1, 0.15) is 6.61 Å². The molecule has 0 saturated carbocycles. The summed E-state index contributed by atoms with van der Waals surface area (Å²) in [4.78, 5) is 42.8. The number of esters is 2. The van der Waals surface area contributed by atoms with Crippen LogP contribution in [0.2, 0.25) is 0 Å². The van der Waals surface area contributed by atoms with Crippen molar-refractivity contribution in [2.24, 2.45) is 5.92 Å². The average molecular weight is 767 g/mol. The minimum Gasteiger partial charge on any atom is -0.462 e. The average Bonchev–Trinajstić information content (AvgIpc) is 3.11. The van der Waals surface area contributed by atoms with Crippen molar-refractivity contribution >= 4 is 19.8 Å². The van der Waals surface area contributed by atoms with Crippen LogP contribution in [-0.2, 0) is 28.2 Å². The summed E-state index contributed by atoms with van der Waals surface area (Å²) in [5.74, 6) is -0.170. The Morgan fingerprint density at radius 3 is 1.79 bits per heavy atom. The van der Waals surface area contributed by atoms with Crippen molar-refractivity contribution < 1.29 is 43.0 Å². The van der Waals surface area contributed by atoms with Crippen molar-refractivity contribution in [1.29, 1.82) is 0 Å². The minimum absolute atomic E-state index is 0.156. The predicted molar refractivity (Wildman–Crippen MR) is 217 cm³/mol. The maximum absolute atomic E-state index is 12.4. The van der Waals surface area contributed by atoms with Crippen molar-refractivity contribution in [3.05, 3.63) is 60.8 Å². The van der Waals surface area contributed by atoms with Gasteiger partial charge in [-0.15, -0.1) is 0 Å². The molecule has 0 aromatic carbocycles. The number of aliphatic hydroxyl groups is 1. The molecule has 0 amide bonds. The number of aliphatic hydroxyl groups excluding tert-OH is 1. The highest BCUT2D eigenvalue weighted by molar-refractivity contribution is 7.46. The first-order valence-corrected chi connectivity index (χ1v) is 22.1. The summed E-state index contributed by atoms with van der Waals surface area (Å²) < 4.78 is 26.3. The van der Waals surface area contributed by atoms with Crippen LogP contribution in [0.5, 0.6) is 0 Å². The van der Waals surface area contributed by atoms with Crippen LogP contribution in [-0.4, -0.2) is 52.3 Å². The number of rotatable bonds is 36. The number of phosphoric acid groups is 1. The number of hydrogen-bond acceptors (Lipinski definition) is 7. The lowest BCUT2D eigenvalue weighted by Crippen LogP contribution is -2.29. The largest absolute Gasteiger partial charge is 0.469 e. The fourth-order valence-electron chi connectivity index (χ4n) is 5.50. The van der Waals surface area contributed by atoms with E-state index < -0.39 is 38.6 Å². The van der Waals surface area contributed by atoms with Gasteiger partial charge in [-0.25, -0.2) is 4.57 Å². The molecule has 2 atom stereocenters. The Hall–Kier alpha value is -2.29. The molecular weight excluding hydrogens is 691 g/mol. The van der Waals surface area contributed by atoms with Gasteiger partial charge >= 0.3 is 19.8 Å². The van der Waals surface area contributed by atoms with E-state index in [0.717, 1.165) is 44.4 Å². The molecular formula is C43H75O9P. The van der Waals surface area contributed by atoms with E-state index in [1.807, 2.05) is 42.5 Å². The van der Waals surface area contributed by atoms with Gasteiger partial charge in [-0.3, -0.25) is 14.1 Å². The summed E-state index contributed by atoms with van der Waals surface area (Å²) in [6, 6.07) is 0. The van der Waals surface area contributed by atoms with Gasteiger partial charge in [0, 0.05) is 12.8 Å². The minimum atomic E-state index is -4.78. The summed E-state index contributed by atoms with van der Waals surface area (Å²) in [6.07, 6.45) is 41.2. The first-order valence-electron chi connectivity index (χ1n) is 20.5. The van der Waals surface area contributed by atoms with Gasteiger partial charge in [-0.1, -0.05) is 171 Å². The molecule has 0 aliphatic carbocycles. The molecule has 0 radical (unpaired) electrons. The maximum atomic E-state index is 12.4. The molecule has 0 rings (SSSR count). The van der Waals surface area contributed by atoms with E-state index in [0.29, 0.717) is 25.7 Å². The van der Waals surface area contributed by atoms with Crippen molar-refractivity contribution in [1.82, 2.24) is 0 Å². The zero-order chi connectivity index (χ0) is 39.3. The number of carbonyl (C=O) groups excluding carboxylic acids is 2. The Morgan fingerprint density at radius 1 is 0.642 bits per heavy atom. The van der Waals surface area contributed by atoms with Crippen LogP contribution >= 0.6 is 7.82 Å². The summed E-state index contributed by atoms with van der Waals surface area (Å²) >= 11 is 0. The standard InChI is InChI=1S/C43H75O9P/c1-4-5-6-7-23-28-33-40(44)34-29-24-19-16-17-20-25-30-35-42(45)50-37-41(38-51-53(47,48)49)52-43(46)36-31-26-21-15-13-11-9-8-10-12-14-18-22-27-32-39(2)3/h5-6,17,19-20,23-24,28-29,34,39-41,44H,4,7-16,18,21-22,25-27,30-33,35-38H2,1-3H3,(H2,47,48,49)/b6-5-,20-17-,24-19-,28-23-,34-29+/t40?,41-/m1/s1. The van der Waals surface area contributed by atoms with Crippen molar-refractivity contribution in [3.8, 4) is 0 Å². The van der Waals surface area contributed by atoms with E-state index in [9.17, 15) is 19.3 Å². The molecule has 53 heavy (non-hydrogen) atoms. The highest BCUT2D eigenvalue weighted by Gasteiger charge is 2.22. The SMILES string of the molecule is CC/C=C\C/C=C\CC(O)/C=C/C=C\C/C=C\CCCC(=O)OC[C@H](COP(=O)(O)O)OC(=O)CCCCCCCCCCCCCCCCC(C)C. The van der Waals surface area contributed by atoms with E-state index in [2.05, 4.69) is 37.4 Å². The van der Waals surface area contributed by atoms with Gasteiger partial charge in [-0.05, 0) is 50.9 Å². The van der Waals surface area contributed by atoms with Crippen LogP contribution in [0.3, 0.4) is 0 Å². The van der Waals surface area contributed by atoms with Gasteiger partial charge in [0.25, 0.3) is 0 Å². The van der Waals surface area contributed by atoms with Crippen LogP contribution in [0.4, 0.5) is 0 Å². The molecule has 0 aliphatic heterocycles. The second kappa shape index (κ2) is 36.7. The molecule has 0 heterocycles. The summed E-state index contributed by atoms with van der Waals surface area (Å²) in [6.45, 7) is 5.78. The first-order chi connectivity index (χ1) is 25.5. The Kier molecular flexibility index (Phi) is 35.1. The normalized spacial score (nSPS) is 13.8.